The maximum Gasteiger partial charge on any atom is 0.410 e. The van der Waals surface area contributed by atoms with Crippen molar-refractivity contribution in [3.63, 3.8) is 0 Å². The van der Waals surface area contributed by atoms with Crippen LogP contribution in [-0.2, 0) is 4.74 Å². The number of hydrogen-bond acceptors (Lipinski definition) is 5. The summed E-state index contributed by atoms with van der Waals surface area (Å²) in [5, 5.41) is 15.5. The van der Waals surface area contributed by atoms with E-state index >= 15 is 0 Å². The minimum absolute atomic E-state index is 0.0556. The topological polar surface area (TPSA) is 90.5 Å². The van der Waals surface area contributed by atoms with Crippen molar-refractivity contribution >= 4 is 11.8 Å². The number of nitro groups is 1. The molecule has 0 unspecified atom stereocenters. The molecule has 9 heteroatoms. The highest BCUT2D eigenvalue weighted by molar-refractivity contribution is 5.72. The molecule has 150 valence electrons. The third kappa shape index (κ3) is 4.47. The first-order chi connectivity index (χ1) is 13.1. The third-order valence-electron chi connectivity index (χ3n) is 4.56. The molecule has 1 aromatic heterocycles. The van der Waals surface area contributed by atoms with Gasteiger partial charge < -0.3 is 9.64 Å². The van der Waals surface area contributed by atoms with Crippen molar-refractivity contribution in [2.45, 2.75) is 45.3 Å². The van der Waals surface area contributed by atoms with Gasteiger partial charge in [0.05, 0.1) is 22.7 Å². The Hall–Kier alpha value is -2.97. The fourth-order valence-corrected chi connectivity index (χ4v) is 3.21. The molecule has 3 rings (SSSR count). The van der Waals surface area contributed by atoms with Crippen LogP contribution in [0.3, 0.4) is 0 Å². The molecular formula is C19H23FN4O4. The van der Waals surface area contributed by atoms with E-state index in [2.05, 4.69) is 5.10 Å². The molecule has 1 amide bonds. The maximum atomic E-state index is 13.6. The van der Waals surface area contributed by atoms with Gasteiger partial charge in [0.2, 0.25) is 0 Å². The first-order valence-corrected chi connectivity index (χ1v) is 9.10. The van der Waals surface area contributed by atoms with Crippen molar-refractivity contribution in [1.29, 1.82) is 0 Å². The summed E-state index contributed by atoms with van der Waals surface area (Å²) >= 11 is 0. The van der Waals surface area contributed by atoms with E-state index < -0.39 is 16.3 Å². The van der Waals surface area contributed by atoms with Gasteiger partial charge in [-0.1, -0.05) is 0 Å². The van der Waals surface area contributed by atoms with Gasteiger partial charge in [-0.05, 0) is 45.7 Å². The molecule has 0 aliphatic carbocycles. The zero-order chi connectivity index (χ0) is 20.5. The van der Waals surface area contributed by atoms with Crippen LogP contribution in [0.2, 0.25) is 0 Å². The van der Waals surface area contributed by atoms with Crippen LogP contribution in [0.5, 0.6) is 0 Å². The summed E-state index contributed by atoms with van der Waals surface area (Å²) in [4.78, 5) is 24.5. The number of nitro benzene ring substituents is 1. The van der Waals surface area contributed by atoms with Crippen molar-refractivity contribution in [1.82, 2.24) is 14.7 Å². The number of carbonyl (C=O) groups is 1. The zero-order valence-corrected chi connectivity index (χ0v) is 16.1. The van der Waals surface area contributed by atoms with Gasteiger partial charge in [-0.3, -0.25) is 14.8 Å². The molecular weight excluding hydrogens is 367 g/mol. The molecule has 1 fully saturated rings. The summed E-state index contributed by atoms with van der Waals surface area (Å²) in [6.45, 7) is 6.56. The highest BCUT2D eigenvalue weighted by Gasteiger charge is 2.28. The summed E-state index contributed by atoms with van der Waals surface area (Å²) in [5.41, 5.74) is -0.0197. The lowest BCUT2D eigenvalue weighted by atomic mass is 10.1. The van der Waals surface area contributed by atoms with Crippen LogP contribution >= 0.6 is 0 Å². The van der Waals surface area contributed by atoms with Crippen LogP contribution in [0.4, 0.5) is 14.9 Å². The van der Waals surface area contributed by atoms with Crippen LogP contribution < -0.4 is 0 Å². The van der Waals surface area contributed by atoms with E-state index in [1.807, 2.05) is 20.8 Å². The second-order valence-electron chi connectivity index (χ2n) is 7.83. The Balaban J connectivity index is 1.70. The lowest BCUT2D eigenvalue weighted by Crippen LogP contribution is -2.42. The highest BCUT2D eigenvalue weighted by Crippen LogP contribution is 2.32. The number of ether oxygens (including phenoxy) is 1. The molecule has 0 bridgehead atoms. The molecule has 1 saturated heterocycles. The summed E-state index contributed by atoms with van der Waals surface area (Å²) < 4.78 is 20.7. The predicted octanol–water partition coefficient (Wildman–Crippen LogP) is 4.17. The average Bonchev–Trinajstić information content (AvgIpc) is 3.10. The zero-order valence-electron chi connectivity index (χ0n) is 16.1. The van der Waals surface area contributed by atoms with Gasteiger partial charge in [-0.15, -0.1) is 0 Å². The molecule has 0 spiro atoms. The number of benzene rings is 1. The molecule has 0 atom stereocenters. The van der Waals surface area contributed by atoms with Gasteiger partial charge in [-0.2, -0.15) is 5.10 Å². The Morgan fingerprint density at radius 3 is 2.61 bits per heavy atom. The quantitative estimate of drug-likeness (QED) is 0.579. The maximum absolute atomic E-state index is 13.6. The molecule has 1 aromatic carbocycles. The van der Waals surface area contributed by atoms with Crippen molar-refractivity contribution in [3.8, 4) is 11.1 Å². The number of likely N-dealkylation sites (tertiary alicyclic amines) is 1. The largest absolute Gasteiger partial charge is 0.444 e. The molecule has 0 N–H and O–H groups in total. The minimum atomic E-state index is -0.543. The fraction of sp³-hybridized carbons (Fsp3) is 0.474. The van der Waals surface area contributed by atoms with Crippen molar-refractivity contribution in [2.24, 2.45) is 0 Å². The molecule has 2 heterocycles. The molecule has 1 aliphatic heterocycles. The van der Waals surface area contributed by atoms with Crippen molar-refractivity contribution < 1.29 is 18.8 Å². The van der Waals surface area contributed by atoms with Gasteiger partial charge >= 0.3 is 6.09 Å². The third-order valence-corrected chi connectivity index (χ3v) is 4.56. The second kappa shape index (κ2) is 7.57. The predicted molar refractivity (Wildman–Crippen MR) is 100 cm³/mol. The second-order valence-corrected chi connectivity index (χ2v) is 7.83. The van der Waals surface area contributed by atoms with Crippen molar-refractivity contribution in [2.75, 3.05) is 13.1 Å². The highest BCUT2D eigenvalue weighted by atomic mass is 19.1. The number of halogens is 1. The van der Waals surface area contributed by atoms with E-state index in [0.717, 1.165) is 18.2 Å². The molecule has 2 aromatic rings. The Labute approximate surface area is 162 Å². The SMILES string of the molecule is CC(C)(C)OC(=O)N1CCC(n2cc(-c3cc(F)ccc3[N+](=O)[O-])cn2)CC1. The number of aromatic nitrogens is 2. The fourth-order valence-electron chi connectivity index (χ4n) is 3.21. The first kappa shape index (κ1) is 19.8. The molecule has 0 saturated carbocycles. The minimum Gasteiger partial charge on any atom is -0.444 e. The summed E-state index contributed by atoms with van der Waals surface area (Å²) in [5.74, 6) is -0.543. The lowest BCUT2D eigenvalue weighted by molar-refractivity contribution is -0.384. The summed E-state index contributed by atoms with van der Waals surface area (Å²) in [6.07, 6.45) is 4.23. The normalized spacial score (nSPS) is 15.5. The summed E-state index contributed by atoms with van der Waals surface area (Å²) in [7, 11) is 0. The van der Waals surface area contributed by atoms with E-state index in [4.69, 9.17) is 4.74 Å². The molecule has 28 heavy (non-hydrogen) atoms. The van der Waals surface area contributed by atoms with E-state index in [-0.39, 0.29) is 23.4 Å². The van der Waals surface area contributed by atoms with Gasteiger partial charge in [0.25, 0.3) is 5.69 Å². The number of amides is 1. The Kier molecular flexibility index (Phi) is 5.35. The number of piperidine rings is 1. The molecule has 8 nitrogen and oxygen atoms in total. The smallest absolute Gasteiger partial charge is 0.410 e. The van der Waals surface area contributed by atoms with E-state index in [9.17, 15) is 19.3 Å². The molecule has 1 aliphatic rings. The van der Waals surface area contributed by atoms with E-state index in [1.54, 1.807) is 15.8 Å². The van der Waals surface area contributed by atoms with Gasteiger partial charge in [0, 0.05) is 30.9 Å². The van der Waals surface area contributed by atoms with Crippen LogP contribution in [0.25, 0.3) is 11.1 Å². The Morgan fingerprint density at radius 2 is 2.00 bits per heavy atom. The Bertz CT molecular complexity index is 882. The monoisotopic (exact) mass is 390 g/mol. The van der Waals surface area contributed by atoms with Crippen LogP contribution in [0.15, 0.2) is 30.6 Å². The van der Waals surface area contributed by atoms with Gasteiger partial charge in [0.1, 0.15) is 11.4 Å². The van der Waals surface area contributed by atoms with Crippen molar-refractivity contribution in [3.05, 3.63) is 46.5 Å². The number of hydrogen-bond donors (Lipinski definition) is 0. The number of rotatable bonds is 3. The Morgan fingerprint density at radius 1 is 1.32 bits per heavy atom. The summed E-state index contributed by atoms with van der Waals surface area (Å²) in [6, 6.07) is 3.42. The van der Waals surface area contributed by atoms with Gasteiger partial charge in [0.15, 0.2) is 0 Å². The van der Waals surface area contributed by atoms with Crippen LogP contribution in [0, 0.1) is 15.9 Å². The van der Waals surface area contributed by atoms with E-state index in [1.165, 1.54) is 6.20 Å². The standard InChI is InChI=1S/C19H23FN4O4/c1-19(2,3)28-18(25)22-8-6-15(7-9-22)23-12-13(11-21-23)16-10-14(20)4-5-17(16)24(26)27/h4-5,10-12,15H,6-9H2,1-3H3. The van der Waals surface area contributed by atoms with Crippen LogP contribution in [0.1, 0.15) is 39.7 Å². The number of nitrogens with zero attached hydrogens (tertiary/aromatic N) is 4. The van der Waals surface area contributed by atoms with E-state index in [0.29, 0.717) is 31.5 Å². The van der Waals surface area contributed by atoms with Crippen LogP contribution in [-0.4, -0.2) is 44.4 Å². The number of carbonyl (C=O) groups excluding carboxylic acids is 1. The lowest BCUT2D eigenvalue weighted by Gasteiger charge is -2.33. The van der Waals surface area contributed by atoms with Gasteiger partial charge in [-0.25, -0.2) is 9.18 Å². The molecule has 0 radical (unpaired) electrons. The average molecular weight is 390 g/mol. The first-order valence-electron chi connectivity index (χ1n) is 9.10.